The average molecular weight is 665 g/mol. The van der Waals surface area contributed by atoms with Gasteiger partial charge < -0.3 is 20.1 Å². The Kier molecular flexibility index (Phi) is 10.7. The van der Waals surface area contributed by atoms with Gasteiger partial charge in [0.15, 0.2) is 5.78 Å². The fourth-order valence-corrected chi connectivity index (χ4v) is 10.7. The van der Waals surface area contributed by atoms with E-state index in [-0.39, 0.29) is 24.2 Å². The number of hydrogen-bond acceptors (Lipinski definition) is 6. The number of ether oxygens (including phenoxy) is 1. The Morgan fingerprint density at radius 3 is 1.79 bits per heavy atom. The molecule has 7 nitrogen and oxygen atoms in total. The molecule has 0 aliphatic carbocycles. The fourth-order valence-electron chi connectivity index (χ4n) is 6.20. The van der Waals surface area contributed by atoms with Crippen molar-refractivity contribution in [3.05, 3.63) is 139 Å². The average Bonchev–Trinajstić information content (AvgIpc) is 3.11. The van der Waals surface area contributed by atoms with E-state index in [0.717, 1.165) is 21.5 Å². The molecule has 1 aliphatic heterocycles. The first-order valence-electron chi connectivity index (χ1n) is 15.3. The summed E-state index contributed by atoms with van der Waals surface area (Å²) in [6, 6.07) is 35.0. The molecule has 5 rings (SSSR count). The van der Waals surface area contributed by atoms with Crippen LogP contribution in [0.3, 0.4) is 0 Å². The van der Waals surface area contributed by atoms with E-state index in [1.807, 2.05) is 91.0 Å². The molecule has 0 bridgehead atoms. The minimum Gasteiger partial charge on any atom is -0.457 e. The number of nitrogens with zero attached hydrogens (tertiary/aromatic N) is 1. The predicted octanol–water partition coefficient (Wildman–Crippen LogP) is 4.22. The molecule has 4 aromatic carbocycles. The molecular weight excluding hydrogens is 627 g/mol. The standard InChI is InChI=1S/C38H37N2O5PS/c1-4-24-45-38(44)37(46(29-14-8-5-9-15-29,30-16-10-6-11-17-30)31-18-12-7-13-19-31)40-32(34(26(2)41)36(40)43)25-33(42)27-20-22-28(23-21-27)35(47)39-3/h4-23,26,32,34,41H,1,24-25H2,2-3H3,(H,39,47)/t26-,32-,34-/m1/s1. The Morgan fingerprint density at radius 2 is 1.36 bits per heavy atom. The molecule has 0 spiro atoms. The number of nitrogens with one attached hydrogen (secondary N) is 1. The molecule has 47 heavy (non-hydrogen) atoms. The summed E-state index contributed by atoms with van der Waals surface area (Å²) in [5.41, 5.74) is 1.35. The van der Waals surface area contributed by atoms with E-state index in [0.29, 0.717) is 10.6 Å². The van der Waals surface area contributed by atoms with Gasteiger partial charge in [0.05, 0.1) is 18.1 Å². The number of amides is 1. The van der Waals surface area contributed by atoms with Crippen LogP contribution >= 0.6 is 19.1 Å². The van der Waals surface area contributed by atoms with Gasteiger partial charge in [-0.3, -0.25) is 9.59 Å². The third kappa shape index (κ3) is 6.50. The van der Waals surface area contributed by atoms with Gasteiger partial charge in [-0.2, -0.15) is 0 Å². The summed E-state index contributed by atoms with van der Waals surface area (Å²) in [7, 11) is 1.73. The van der Waals surface area contributed by atoms with E-state index in [2.05, 4.69) is 11.9 Å². The number of benzene rings is 4. The zero-order valence-electron chi connectivity index (χ0n) is 26.3. The van der Waals surface area contributed by atoms with Crippen molar-refractivity contribution in [3.8, 4) is 0 Å². The fraction of sp³-hybridized carbons (Fsp3) is 0.184. The number of likely N-dealkylation sites (tertiary alicyclic amines) is 1. The van der Waals surface area contributed by atoms with Gasteiger partial charge in [-0.25, -0.2) is 4.79 Å². The number of Topliss-reactive ketones (excluding diaryl/α,β-unsaturated/α-hetero) is 1. The zero-order valence-corrected chi connectivity index (χ0v) is 28.0. The van der Waals surface area contributed by atoms with E-state index in [1.165, 1.54) is 17.9 Å². The molecule has 1 heterocycles. The smallest absolute Gasteiger partial charge is 0.356 e. The maximum absolute atomic E-state index is 14.5. The molecule has 0 aromatic heterocycles. The Hall–Kier alpha value is -4.62. The minimum atomic E-state index is -3.15. The number of hydrogen-bond donors (Lipinski definition) is 2. The van der Waals surface area contributed by atoms with Crippen molar-refractivity contribution in [3.63, 3.8) is 0 Å². The van der Waals surface area contributed by atoms with Crippen molar-refractivity contribution in [2.45, 2.75) is 25.5 Å². The number of ketones is 1. The number of thiocarbonyl (C=S) groups is 1. The van der Waals surface area contributed by atoms with Gasteiger partial charge in [-0.1, -0.05) is 140 Å². The second-order valence-electron chi connectivity index (χ2n) is 11.2. The lowest BCUT2D eigenvalue weighted by atomic mass is 9.79. The van der Waals surface area contributed by atoms with Crippen LogP contribution in [0.4, 0.5) is 0 Å². The highest BCUT2D eigenvalue weighted by molar-refractivity contribution is 7.96. The topological polar surface area (TPSA) is 95.9 Å². The molecular formula is C38H37N2O5PS. The first-order chi connectivity index (χ1) is 22.7. The first-order valence-corrected chi connectivity index (χ1v) is 17.5. The Morgan fingerprint density at radius 1 is 0.894 bits per heavy atom. The van der Waals surface area contributed by atoms with Crippen LogP contribution in [0.25, 0.3) is 0 Å². The number of carbonyl (C=O) groups excluding carboxylic acids is 3. The highest BCUT2D eigenvalue weighted by atomic mass is 32.1. The van der Waals surface area contributed by atoms with E-state index in [4.69, 9.17) is 17.0 Å². The molecule has 1 aliphatic rings. The highest BCUT2D eigenvalue weighted by Gasteiger charge is 2.55. The summed E-state index contributed by atoms with van der Waals surface area (Å²) in [4.78, 5) is 44.6. The molecule has 0 radical (unpaired) electrons. The second-order valence-corrected chi connectivity index (χ2v) is 14.9. The van der Waals surface area contributed by atoms with Crippen molar-refractivity contribution in [1.29, 1.82) is 0 Å². The van der Waals surface area contributed by atoms with Crippen molar-refractivity contribution in [1.82, 2.24) is 10.2 Å². The Balaban J connectivity index is 1.79. The molecule has 240 valence electrons. The van der Waals surface area contributed by atoms with Crippen LogP contribution in [-0.4, -0.2) is 63.9 Å². The summed E-state index contributed by atoms with van der Waals surface area (Å²) < 4.78 is 5.78. The van der Waals surface area contributed by atoms with E-state index in [1.54, 1.807) is 31.3 Å². The van der Waals surface area contributed by atoms with Gasteiger partial charge in [0.25, 0.3) is 0 Å². The maximum atomic E-state index is 14.5. The third-order valence-electron chi connectivity index (χ3n) is 8.37. The molecule has 0 saturated carbocycles. The largest absolute Gasteiger partial charge is 0.457 e. The molecule has 1 amide bonds. The van der Waals surface area contributed by atoms with Crippen LogP contribution in [0.1, 0.15) is 29.3 Å². The van der Waals surface area contributed by atoms with Gasteiger partial charge in [0.1, 0.15) is 17.0 Å². The lowest BCUT2D eigenvalue weighted by Gasteiger charge is -2.50. The monoisotopic (exact) mass is 664 g/mol. The Bertz CT molecular complexity index is 1720. The summed E-state index contributed by atoms with van der Waals surface area (Å²) in [6.45, 7) is 2.03. The summed E-state index contributed by atoms with van der Waals surface area (Å²) >= 11 is 5.32. The van der Waals surface area contributed by atoms with Gasteiger partial charge in [-0.05, 0) is 22.8 Å². The van der Waals surface area contributed by atoms with Crippen molar-refractivity contribution < 1.29 is 24.2 Å². The molecule has 9 heteroatoms. The van der Waals surface area contributed by atoms with Gasteiger partial charge in [0, 0.05) is 31.5 Å². The number of rotatable bonds is 12. The van der Waals surface area contributed by atoms with E-state index < -0.39 is 36.8 Å². The molecule has 1 saturated heterocycles. The van der Waals surface area contributed by atoms with Gasteiger partial charge in [-0.15, -0.1) is 0 Å². The zero-order chi connectivity index (χ0) is 33.6. The van der Waals surface area contributed by atoms with Crippen molar-refractivity contribution >= 4 is 63.1 Å². The van der Waals surface area contributed by atoms with Crippen molar-refractivity contribution in [2.75, 3.05) is 13.7 Å². The highest BCUT2D eigenvalue weighted by Crippen LogP contribution is 2.50. The van der Waals surface area contributed by atoms with Crippen molar-refractivity contribution in [2.24, 2.45) is 5.92 Å². The van der Waals surface area contributed by atoms with Crippen LogP contribution < -0.4 is 21.2 Å². The normalized spacial score (nSPS) is 16.4. The predicted molar refractivity (Wildman–Crippen MR) is 193 cm³/mol. The lowest BCUT2D eigenvalue weighted by Crippen LogP contribution is -2.68. The van der Waals surface area contributed by atoms with E-state index in [9.17, 15) is 19.5 Å². The SMILES string of the molecule is C=CCOC(=O)C(N1C(=O)[C@H]([C@@H](C)O)[C@H]1CC(=O)c1ccc(C(=S)NC)cc1)=P(c1ccccc1)(c1ccccc1)c1ccccc1. The summed E-state index contributed by atoms with van der Waals surface area (Å²) in [6.07, 6.45) is 0.299. The van der Waals surface area contributed by atoms with Crippen LogP contribution in [0.5, 0.6) is 0 Å². The Labute approximate surface area is 280 Å². The maximum Gasteiger partial charge on any atom is 0.356 e. The molecule has 2 N–H and O–H groups in total. The molecule has 1 fully saturated rings. The van der Waals surface area contributed by atoms with Gasteiger partial charge >= 0.3 is 5.97 Å². The van der Waals surface area contributed by atoms with Gasteiger partial charge in [0.2, 0.25) is 5.91 Å². The minimum absolute atomic E-state index is 0.0764. The number of aliphatic hydroxyl groups is 1. The van der Waals surface area contributed by atoms with Crippen LogP contribution in [0.15, 0.2) is 128 Å². The molecule has 4 aromatic rings. The number of carbonyl (C=O) groups is 3. The van der Waals surface area contributed by atoms with Crippen LogP contribution in [-0.2, 0) is 14.3 Å². The lowest BCUT2D eigenvalue weighted by molar-refractivity contribution is -0.157. The van der Waals surface area contributed by atoms with E-state index >= 15 is 0 Å². The third-order valence-corrected chi connectivity index (χ3v) is 13.1. The second kappa shape index (κ2) is 14.9. The van der Waals surface area contributed by atoms with Crippen LogP contribution in [0, 0.1) is 5.92 Å². The quantitative estimate of drug-likeness (QED) is 0.0585. The number of β-lactam (4-membered cyclic amide) rings is 1. The number of aliphatic hydroxyl groups excluding tert-OH is 1. The van der Waals surface area contributed by atoms with Crippen LogP contribution in [0.2, 0.25) is 0 Å². The summed E-state index contributed by atoms with van der Waals surface area (Å²) in [5.74, 6) is -2.26. The molecule has 0 unspecified atom stereocenters. The molecule has 3 atom stereocenters. The summed E-state index contributed by atoms with van der Waals surface area (Å²) in [5, 5.41) is 16.3. The first kappa shape index (κ1) is 33.7. The number of esters is 1.